The van der Waals surface area contributed by atoms with Gasteiger partial charge in [0, 0.05) is 25.8 Å². The molecule has 1 aromatic rings. The van der Waals surface area contributed by atoms with Gasteiger partial charge in [0.1, 0.15) is 5.82 Å². The Hall–Kier alpha value is -1.17. The largest absolute Gasteiger partial charge is 0.383 e. The summed E-state index contributed by atoms with van der Waals surface area (Å²) in [4.78, 5) is 14.0. The van der Waals surface area contributed by atoms with E-state index in [2.05, 4.69) is 0 Å². The fraction of sp³-hybridized carbons (Fsp3) is 0.500. The zero-order valence-electron chi connectivity index (χ0n) is 11.9. The van der Waals surface area contributed by atoms with Crippen molar-refractivity contribution in [3.63, 3.8) is 0 Å². The van der Waals surface area contributed by atoms with Crippen molar-refractivity contribution >= 4 is 17.5 Å². The van der Waals surface area contributed by atoms with Gasteiger partial charge < -0.3 is 14.4 Å². The Labute approximate surface area is 123 Å². The molecule has 6 heteroatoms. The monoisotopic (exact) mass is 303 g/mol. The molecular weight excluding hydrogens is 285 g/mol. The van der Waals surface area contributed by atoms with E-state index in [0.717, 1.165) is 0 Å². The van der Waals surface area contributed by atoms with Crippen molar-refractivity contribution in [2.45, 2.75) is 13.0 Å². The number of benzene rings is 1. The van der Waals surface area contributed by atoms with Gasteiger partial charge in [0.25, 0.3) is 5.91 Å². The van der Waals surface area contributed by atoms with Gasteiger partial charge in [-0.05, 0) is 25.1 Å². The number of ether oxygens (including phenoxy) is 2. The van der Waals surface area contributed by atoms with E-state index < -0.39 is 11.7 Å². The summed E-state index contributed by atoms with van der Waals surface area (Å²) in [6.45, 7) is 2.91. The van der Waals surface area contributed by atoms with Gasteiger partial charge in [0.05, 0.1) is 24.8 Å². The molecule has 0 heterocycles. The Morgan fingerprint density at radius 2 is 2.10 bits per heavy atom. The van der Waals surface area contributed by atoms with Gasteiger partial charge in [0.15, 0.2) is 0 Å². The molecule has 0 saturated heterocycles. The molecule has 1 aromatic carbocycles. The molecule has 0 spiro atoms. The molecule has 0 aliphatic heterocycles. The van der Waals surface area contributed by atoms with Crippen molar-refractivity contribution in [3.8, 4) is 0 Å². The van der Waals surface area contributed by atoms with Crippen LogP contribution in [0, 0.1) is 5.82 Å². The average Bonchev–Trinajstić information content (AvgIpc) is 2.42. The number of hydrogen-bond donors (Lipinski definition) is 0. The highest BCUT2D eigenvalue weighted by atomic mass is 35.5. The maximum Gasteiger partial charge on any atom is 0.257 e. The number of amides is 1. The van der Waals surface area contributed by atoms with Crippen molar-refractivity contribution in [1.82, 2.24) is 4.90 Å². The van der Waals surface area contributed by atoms with Crippen LogP contribution in [0.15, 0.2) is 18.2 Å². The minimum absolute atomic E-state index is 0.0449. The second kappa shape index (κ2) is 8.19. The van der Waals surface area contributed by atoms with Crippen LogP contribution in [0.5, 0.6) is 0 Å². The molecule has 0 aliphatic carbocycles. The van der Waals surface area contributed by atoms with E-state index in [4.69, 9.17) is 21.1 Å². The van der Waals surface area contributed by atoms with Crippen LogP contribution in [0.4, 0.5) is 4.39 Å². The molecule has 0 saturated carbocycles. The summed E-state index contributed by atoms with van der Waals surface area (Å²) in [5, 5.41) is 0.320. The number of halogens is 2. The van der Waals surface area contributed by atoms with Crippen LogP contribution in [-0.4, -0.2) is 50.8 Å². The Bertz CT molecular complexity index is 456. The lowest BCUT2D eigenvalue weighted by atomic mass is 10.1. The third-order valence-electron chi connectivity index (χ3n) is 2.90. The van der Waals surface area contributed by atoms with E-state index in [1.807, 2.05) is 6.92 Å². The topological polar surface area (TPSA) is 38.8 Å². The van der Waals surface area contributed by atoms with E-state index in [0.29, 0.717) is 24.8 Å². The molecule has 1 unspecified atom stereocenters. The number of nitrogens with zero attached hydrogens (tertiary/aromatic N) is 1. The minimum atomic E-state index is -0.591. The quantitative estimate of drug-likeness (QED) is 0.777. The normalized spacial score (nSPS) is 12.2. The lowest BCUT2D eigenvalue weighted by Gasteiger charge is -2.29. The van der Waals surface area contributed by atoms with Crippen LogP contribution in [0.1, 0.15) is 17.3 Å². The summed E-state index contributed by atoms with van der Waals surface area (Å²) in [7, 11) is 3.10. The van der Waals surface area contributed by atoms with Gasteiger partial charge in [-0.25, -0.2) is 4.39 Å². The first-order valence-corrected chi connectivity index (χ1v) is 6.63. The Morgan fingerprint density at radius 3 is 2.70 bits per heavy atom. The van der Waals surface area contributed by atoms with Crippen LogP contribution in [0.25, 0.3) is 0 Å². The van der Waals surface area contributed by atoms with Crippen molar-refractivity contribution < 1.29 is 18.7 Å². The van der Waals surface area contributed by atoms with Crippen LogP contribution in [0.2, 0.25) is 5.02 Å². The summed E-state index contributed by atoms with van der Waals surface area (Å²) in [6, 6.07) is 3.73. The number of carbonyl (C=O) groups is 1. The fourth-order valence-electron chi connectivity index (χ4n) is 1.86. The van der Waals surface area contributed by atoms with Crippen molar-refractivity contribution in [2.24, 2.45) is 0 Å². The molecule has 4 nitrogen and oxygen atoms in total. The summed E-state index contributed by atoms with van der Waals surface area (Å²) in [6.07, 6.45) is 0. The highest BCUT2D eigenvalue weighted by Crippen LogP contribution is 2.18. The first-order chi connectivity index (χ1) is 9.51. The molecular formula is C14H19ClFNO3. The van der Waals surface area contributed by atoms with Gasteiger partial charge in [-0.2, -0.15) is 0 Å². The summed E-state index contributed by atoms with van der Waals surface area (Å²) in [5.74, 6) is -1.02. The number of methoxy groups -OCH3 is 2. The third kappa shape index (κ3) is 4.44. The molecule has 0 N–H and O–H groups in total. The molecule has 1 amide bonds. The second-order valence-corrected chi connectivity index (χ2v) is 4.86. The van der Waals surface area contributed by atoms with E-state index in [1.165, 1.54) is 23.1 Å². The Balaban J connectivity index is 2.99. The van der Waals surface area contributed by atoms with E-state index in [9.17, 15) is 9.18 Å². The maximum absolute atomic E-state index is 13.8. The van der Waals surface area contributed by atoms with Gasteiger partial charge in [-0.1, -0.05) is 11.6 Å². The lowest BCUT2D eigenvalue weighted by molar-refractivity contribution is 0.0475. The summed E-state index contributed by atoms with van der Waals surface area (Å²) < 4.78 is 23.8. The fourth-order valence-corrected chi connectivity index (χ4v) is 2.03. The molecule has 0 aromatic heterocycles. The molecule has 1 rings (SSSR count). The molecule has 20 heavy (non-hydrogen) atoms. The predicted octanol–water partition coefficient (Wildman–Crippen LogP) is 2.60. The Kier molecular flexibility index (Phi) is 6.91. The van der Waals surface area contributed by atoms with Crippen molar-refractivity contribution in [3.05, 3.63) is 34.6 Å². The minimum Gasteiger partial charge on any atom is -0.383 e. The van der Waals surface area contributed by atoms with Gasteiger partial charge >= 0.3 is 0 Å². The van der Waals surface area contributed by atoms with Gasteiger partial charge in [0.2, 0.25) is 0 Å². The second-order valence-electron chi connectivity index (χ2n) is 4.42. The van der Waals surface area contributed by atoms with Crippen molar-refractivity contribution in [2.75, 3.05) is 34.0 Å². The first-order valence-electron chi connectivity index (χ1n) is 6.25. The van der Waals surface area contributed by atoms with Crippen molar-refractivity contribution in [1.29, 1.82) is 0 Å². The van der Waals surface area contributed by atoms with E-state index >= 15 is 0 Å². The summed E-state index contributed by atoms with van der Waals surface area (Å²) in [5.41, 5.74) is -0.0449. The zero-order valence-corrected chi connectivity index (χ0v) is 12.6. The number of carbonyl (C=O) groups excluding carboxylic acids is 1. The standard InChI is InChI=1S/C14H19ClFNO3/c1-10(9-20-3)17(6-7-19-2)14(18)12-8-11(15)4-5-13(12)16/h4-5,8,10H,6-7,9H2,1-3H3. The number of rotatable bonds is 7. The van der Waals surface area contributed by atoms with Crippen LogP contribution < -0.4 is 0 Å². The molecule has 0 bridgehead atoms. The highest BCUT2D eigenvalue weighted by molar-refractivity contribution is 6.31. The van der Waals surface area contributed by atoms with Crippen LogP contribution in [0.3, 0.4) is 0 Å². The SMILES string of the molecule is COCCN(C(=O)c1cc(Cl)ccc1F)C(C)COC. The smallest absolute Gasteiger partial charge is 0.257 e. The van der Waals surface area contributed by atoms with Gasteiger partial charge in [-0.3, -0.25) is 4.79 Å². The highest BCUT2D eigenvalue weighted by Gasteiger charge is 2.23. The predicted molar refractivity (Wildman–Crippen MR) is 75.7 cm³/mol. The number of hydrogen-bond acceptors (Lipinski definition) is 3. The average molecular weight is 304 g/mol. The third-order valence-corrected chi connectivity index (χ3v) is 3.13. The molecule has 1 atom stereocenters. The Morgan fingerprint density at radius 1 is 1.40 bits per heavy atom. The van der Waals surface area contributed by atoms with Gasteiger partial charge in [-0.15, -0.1) is 0 Å². The molecule has 0 aliphatic rings. The van der Waals surface area contributed by atoms with Crippen LogP contribution in [-0.2, 0) is 9.47 Å². The molecule has 0 fully saturated rings. The summed E-state index contributed by atoms with van der Waals surface area (Å²) >= 11 is 5.82. The maximum atomic E-state index is 13.8. The molecule has 0 radical (unpaired) electrons. The van der Waals surface area contributed by atoms with Crippen LogP contribution >= 0.6 is 11.6 Å². The molecule has 112 valence electrons. The lowest BCUT2D eigenvalue weighted by Crippen LogP contribution is -2.43. The first kappa shape index (κ1) is 16.9. The zero-order chi connectivity index (χ0) is 15.1. The van der Waals surface area contributed by atoms with E-state index in [1.54, 1.807) is 14.2 Å². The van der Waals surface area contributed by atoms with E-state index in [-0.39, 0.29) is 11.6 Å².